The number of nitrogens with one attached hydrogen (secondary N) is 1. The van der Waals surface area contributed by atoms with Crippen LogP contribution in [0, 0.1) is 11.8 Å². The van der Waals surface area contributed by atoms with Gasteiger partial charge in [0.15, 0.2) is 0 Å². The van der Waals surface area contributed by atoms with Crippen LogP contribution in [0.25, 0.3) is 0 Å². The van der Waals surface area contributed by atoms with Gasteiger partial charge in [0, 0.05) is 17.3 Å². The number of likely N-dealkylation sites (tertiary alicyclic amines) is 1. The highest BCUT2D eigenvalue weighted by Crippen LogP contribution is 2.48. The van der Waals surface area contributed by atoms with Gasteiger partial charge >= 0.3 is 0 Å². The minimum absolute atomic E-state index is 0.170. The van der Waals surface area contributed by atoms with Crippen LogP contribution < -0.4 is 5.32 Å². The van der Waals surface area contributed by atoms with Crippen LogP contribution in [0.3, 0.4) is 0 Å². The molecule has 2 bridgehead atoms. The molecule has 5 unspecified atom stereocenters. The van der Waals surface area contributed by atoms with Crippen LogP contribution >= 0.6 is 11.6 Å². The van der Waals surface area contributed by atoms with Gasteiger partial charge in [-0.1, -0.05) is 18.5 Å². The van der Waals surface area contributed by atoms with Crippen LogP contribution in [-0.2, 0) is 23.9 Å². The van der Waals surface area contributed by atoms with Gasteiger partial charge in [-0.05, 0) is 50.5 Å². The van der Waals surface area contributed by atoms with Crippen molar-refractivity contribution < 1.29 is 23.9 Å². The average molecular weight is 448 g/mol. The Morgan fingerprint density at radius 3 is 2.29 bits per heavy atom. The number of hydrogen-bond acceptors (Lipinski definition) is 5. The van der Waals surface area contributed by atoms with Gasteiger partial charge in [0.2, 0.25) is 23.6 Å². The summed E-state index contributed by atoms with van der Waals surface area (Å²) in [5.41, 5.74) is 0.569. The minimum Gasteiger partial charge on any atom is -0.373 e. The SMILES string of the molecule is CCCN(CC(=O)Nc1ccc(Cl)cc1)C(=O)C(C)N1C(=O)C2C3CCC(O3)C2C1=O. The summed E-state index contributed by atoms with van der Waals surface area (Å²) in [5.74, 6) is -2.39. The van der Waals surface area contributed by atoms with Gasteiger partial charge in [0.1, 0.15) is 6.04 Å². The third-order valence-corrected chi connectivity index (χ3v) is 6.58. The monoisotopic (exact) mass is 447 g/mol. The lowest BCUT2D eigenvalue weighted by Crippen LogP contribution is -2.52. The molecule has 31 heavy (non-hydrogen) atoms. The van der Waals surface area contributed by atoms with Crippen molar-refractivity contribution >= 4 is 40.9 Å². The summed E-state index contributed by atoms with van der Waals surface area (Å²) < 4.78 is 5.75. The van der Waals surface area contributed by atoms with E-state index in [0.29, 0.717) is 23.7 Å². The molecule has 0 radical (unpaired) electrons. The van der Waals surface area contributed by atoms with Gasteiger partial charge in [-0.15, -0.1) is 0 Å². The molecule has 3 fully saturated rings. The summed E-state index contributed by atoms with van der Waals surface area (Å²) in [4.78, 5) is 54.1. The predicted octanol–water partition coefficient (Wildman–Crippen LogP) is 2.07. The zero-order valence-corrected chi connectivity index (χ0v) is 18.3. The molecule has 9 heteroatoms. The highest BCUT2D eigenvalue weighted by molar-refractivity contribution is 6.30. The first-order chi connectivity index (χ1) is 14.8. The Kier molecular flexibility index (Phi) is 6.03. The molecule has 1 aromatic carbocycles. The predicted molar refractivity (Wildman–Crippen MR) is 113 cm³/mol. The second kappa shape index (κ2) is 8.59. The number of anilines is 1. The first kappa shape index (κ1) is 21.8. The highest BCUT2D eigenvalue weighted by atomic mass is 35.5. The fourth-order valence-electron chi connectivity index (χ4n) is 4.94. The van der Waals surface area contributed by atoms with Crippen molar-refractivity contribution in [3.05, 3.63) is 29.3 Å². The van der Waals surface area contributed by atoms with Gasteiger partial charge in [0.05, 0.1) is 30.6 Å². The van der Waals surface area contributed by atoms with Crippen molar-refractivity contribution in [2.75, 3.05) is 18.4 Å². The second-order valence-corrected chi connectivity index (χ2v) is 8.82. The summed E-state index contributed by atoms with van der Waals surface area (Å²) in [6.45, 7) is 3.63. The third-order valence-electron chi connectivity index (χ3n) is 6.33. The maximum Gasteiger partial charge on any atom is 0.246 e. The van der Waals surface area contributed by atoms with E-state index in [1.54, 1.807) is 31.2 Å². The number of imide groups is 1. The molecule has 3 heterocycles. The van der Waals surface area contributed by atoms with Gasteiger partial charge in [-0.25, -0.2) is 0 Å². The average Bonchev–Trinajstić information content (AvgIpc) is 3.42. The molecule has 0 aromatic heterocycles. The van der Waals surface area contributed by atoms with Crippen molar-refractivity contribution in [3.63, 3.8) is 0 Å². The quantitative estimate of drug-likeness (QED) is 0.645. The Labute approximate surface area is 185 Å². The molecular weight excluding hydrogens is 422 g/mol. The first-order valence-electron chi connectivity index (χ1n) is 10.7. The van der Waals surface area contributed by atoms with E-state index in [1.807, 2.05) is 6.92 Å². The Bertz CT molecular complexity index is 877. The molecule has 3 aliphatic heterocycles. The lowest BCUT2D eigenvalue weighted by atomic mass is 9.81. The molecule has 0 saturated carbocycles. The summed E-state index contributed by atoms with van der Waals surface area (Å²) >= 11 is 5.86. The van der Waals surface area contributed by atoms with Crippen LogP contribution in [0.2, 0.25) is 5.02 Å². The molecule has 8 nitrogen and oxygen atoms in total. The normalized spacial score (nSPS) is 27.4. The molecule has 0 aliphatic carbocycles. The first-order valence-corrected chi connectivity index (χ1v) is 11.1. The van der Waals surface area contributed by atoms with Crippen LogP contribution in [0.5, 0.6) is 0 Å². The molecule has 4 amide bonds. The van der Waals surface area contributed by atoms with E-state index in [0.717, 1.165) is 17.7 Å². The number of carbonyl (C=O) groups is 4. The Morgan fingerprint density at radius 2 is 1.74 bits per heavy atom. The largest absolute Gasteiger partial charge is 0.373 e. The Balaban J connectivity index is 1.44. The molecule has 1 aromatic rings. The zero-order valence-electron chi connectivity index (χ0n) is 17.5. The van der Waals surface area contributed by atoms with E-state index in [-0.39, 0.29) is 36.5 Å². The number of benzene rings is 1. The van der Waals surface area contributed by atoms with Crippen LogP contribution in [0.1, 0.15) is 33.1 Å². The van der Waals surface area contributed by atoms with Gasteiger partial charge < -0.3 is 15.0 Å². The number of ether oxygens (including phenoxy) is 1. The van der Waals surface area contributed by atoms with Crippen molar-refractivity contribution in [2.24, 2.45) is 11.8 Å². The van der Waals surface area contributed by atoms with Crippen LogP contribution in [0.4, 0.5) is 5.69 Å². The molecule has 0 spiro atoms. The van der Waals surface area contributed by atoms with E-state index in [1.165, 1.54) is 4.90 Å². The van der Waals surface area contributed by atoms with Gasteiger partial charge in [-0.3, -0.25) is 24.1 Å². The molecule has 3 saturated heterocycles. The third kappa shape index (κ3) is 3.94. The molecule has 1 N–H and O–H groups in total. The standard InChI is InChI=1S/C22H26ClN3O5/c1-3-10-25(11-17(27)24-14-6-4-13(23)5-7-14)20(28)12(2)26-21(29)18-15-8-9-16(31-15)19(18)22(26)30/h4-7,12,15-16,18-19H,3,8-11H2,1-2H3,(H,24,27). The summed E-state index contributed by atoms with van der Waals surface area (Å²) in [6, 6.07) is 5.70. The fourth-order valence-corrected chi connectivity index (χ4v) is 5.06. The topological polar surface area (TPSA) is 96.0 Å². The van der Waals surface area contributed by atoms with Crippen molar-refractivity contribution in [1.82, 2.24) is 9.80 Å². The number of halogens is 1. The van der Waals surface area contributed by atoms with Crippen molar-refractivity contribution in [2.45, 2.75) is 51.4 Å². The summed E-state index contributed by atoms with van der Waals surface area (Å²) in [7, 11) is 0. The molecular formula is C22H26ClN3O5. The number of hydrogen-bond donors (Lipinski definition) is 1. The number of rotatable bonds is 7. The van der Waals surface area contributed by atoms with Gasteiger partial charge in [-0.2, -0.15) is 0 Å². The molecule has 5 atom stereocenters. The molecule has 4 rings (SSSR count). The smallest absolute Gasteiger partial charge is 0.246 e. The maximum absolute atomic E-state index is 13.2. The van der Waals surface area contributed by atoms with Crippen molar-refractivity contribution in [3.8, 4) is 0 Å². The Morgan fingerprint density at radius 1 is 1.16 bits per heavy atom. The van der Waals surface area contributed by atoms with E-state index >= 15 is 0 Å². The van der Waals surface area contributed by atoms with Gasteiger partial charge in [0.25, 0.3) is 0 Å². The lowest BCUT2D eigenvalue weighted by molar-refractivity contribution is -0.153. The number of amides is 4. The molecule has 3 aliphatic rings. The maximum atomic E-state index is 13.2. The fraction of sp³-hybridized carbons (Fsp3) is 0.545. The minimum atomic E-state index is -0.958. The highest BCUT2D eigenvalue weighted by Gasteiger charge is 2.63. The van der Waals surface area contributed by atoms with Crippen molar-refractivity contribution in [1.29, 1.82) is 0 Å². The van der Waals surface area contributed by atoms with E-state index in [4.69, 9.17) is 16.3 Å². The lowest BCUT2D eigenvalue weighted by Gasteiger charge is -2.29. The number of nitrogens with zero attached hydrogens (tertiary/aromatic N) is 2. The van der Waals surface area contributed by atoms with E-state index < -0.39 is 23.8 Å². The van der Waals surface area contributed by atoms with E-state index in [2.05, 4.69) is 5.32 Å². The van der Waals surface area contributed by atoms with Crippen LogP contribution in [0.15, 0.2) is 24.3 Å². The number of fused-ring (bicyclic) bond motifs is 5. The molecule has 166 valence electrons. The second-order valence-electron chi connectivity index (χ2n) is 8.38. The zero-order chi connectivity index (χ0) is 22.3. The van der Waals surface area contributed by atoms with E-state index in [9.17, 15) is 19.2 Å². The van der Waals surface area contributed by atoms with Crippen LogP contribution in [-0.4, -0.2) is 64.8 Å². The number of carbonyl (C=O) groups excluding carboxylic acids is 4. The Hall–Kier alpha value is -2.45. The summed E-state index contributed by atoms with van der Waals surface area (Å²) in [6.07, 6.45) is 1.73. The summed E-state index contributed by atoms with van der Waals surface area (Å²) in [5, 5.41) is 3.29.